The molecule has 1 heterocycles. The highest BCUT2D eigenvalue weighted by Crippen LogP contribution is 2.23. The van der Waals surface area contributed by atoms with E-state index in [1.807, 2.05) is 12.3 Å². The van der Waals surface area contributed by atoms with Gasteiger partial charge >= 0.3 is 0 Å². The Bertz CT molecular complexity index is 289. The van der Waals surface area contributed by atoms with Gasteiger partial charge in [0.25, 0.3) is 0 Å². The van der Waals surface area contributed by atoms with Crippen molar-refractivity contribution in [3.63, 3.8) is 0 Å². The molecule has 2 rings (SSSR count). The van der Waals surface area contributed by atoms with E-state index in [-0.39, 0.29) is 0 Å². The number of hydrogen-bond donors (Lipinski definition) is 0. The number of pyridine rings is 1. The summed E-state index contributed by atoms with van der Waals surface area (Å²) in [6.07, 6.45) is 7.35. The zero-order chi connectivity index (χ0) is 7.68. The largest absolute Gasteiger partial charge is 0.260 e. The van der Waals surface area contributed by atoms with E-state index in [9.17, 15) is 0 Å². The average molecular weight is 145 g/mol. The molecule has 0 saturated heterocycles. The van der Waals surface area contributed by atoms with Crippen molar-refractivity contribution in [3.05, 3.63) is 41.7 Å². The van der Waals surface area contributed by atoms with Gasteiger partial charge in [0.15, 0.2) is 0 Å². The topological polar surface area (TPSA) is 12.9 Å². The van der Waals surface area contributed by atoms with Crippen molar-refractivity contribution in [3.8, 4) is 0 Å². The van der Waals surface area contributed by atoms with Gasteiger partial charge in [-0.2, -0.15) is 0 Å². The van der Waals surface area contributed by atoms with Crippen LogP contribution in [0.1, 0.15) is 24.1 Å². The second-order valence-corrected chi connectivity index (χ2v) is 2.97. The standard InChI is InChI=1S/C10H11N/c1-8-4-2-5-9-6-3-7-11-10(8)9/h2-4,6-8H,5H2,1H3. The monoisotopic (exact) mass is 145 g/mol. The first kappa shape index (κ1) is 6.59. The molecule has 0 spiro atoms. The fraction of sp³-hybridized carbons (Fsp3) is 0.300. The van der Waals surface area contributed by atoms with E-state index < -0.39 is 0 Å². The van der Waals surface area contributed by atoms with E-state index in [4.69, 9.17) is 0 Å². The lowest BCUT2D eigenvalue weighted by Gasteiger charge is -2.14. The predicted octanol–water partition coefficient (Wildman–Crippen LogP) is 2.30. The number of fused-ring (bicyclic) bond motifs is 1. The summed E-state index contributed by atoms with van der Waals surface area (Å²) in [5, 5.41) is 0. The van der Waals surface area contributed by atoms with Crippen LogP contribution in [0.4, 0.5) is 0 Å². The molecular weight excluding hydrogens is 134 g/mol. The average Bonchev–Trinajstić information content (AvgIpc) is 2.06. The van der Waals surface area contributed by atoms with Crippen molar-refractivity contribution in [2.45, 2.75) is 19.3 Å². The van der Waals surface area contributed by atoms with Gasteiger partial charge in [0.2, 0.25) is 0 Å². The molecule has 1 heteroatoms. The quantitative estimate of drug-likeness (QED) is 0.510. The van der Waals surface area contributed by atoms with Gasteiger partial charge in [-0.1, -0.05) is 25.1 Å². The fourth-order valence-electron chi connectivity index (χ4n) is 1.52. The maximum Gasteiger partial charge on any atom is 0.0504 e. The molecule has 1 atom stereocenters. The minimum absolute atomic E-state index is 0.500. The van der Waals surface area contributed by atoms with Crippen LogP contribution in [0.5, 0.6) is 0 Å². The Morgan fingerprint density at radius 3 is 3.27 bits per heavy atom. The lowest BCUT2D eigenvalue weighted by atomic mass is 9.94. The second-order valence-electron chi connectivity index (χ2n) is 2.97. The van der Waals surface area contributed by atoms with Gasteiger partial charge in [-0.15, -0.1) is 0 Å². The van der Waals surface area contributed by atoms with Crippen LogP contribution in [0.25, 0.3) is 0 Å². The number of aromatic nitrogens is 1. The Morgan fingerprint density at radius 1 is 1.55 bits per heavy atom. The first-order valence-electron chi connectivity index (χ1n) is 3.98. The summed E-state index contributed by atoms with van der Waals surface area (Å²) in [6, 6.07) is 4.16. The number of rotatable bonds is 0. The minimum atomic E-state index is 0.500. The third kappa shape index (κ3) is 1.07. The maximum absolute atomic E-state index is 4.35. The SMILES string of the molecule is CC1C=CCc2cccnc21. The lowest BCUT2D eigenvalue weighted by Crippen LogP contribution is -2.03. The summed E-state index contributed by atoms with van der Waals surface area (Å²) in [4.78, 5) is 4.35. The predicted molar refractivity (Wildman–Crippen MR) is 45.5 cm³/mol. The van der Waals surface area contributed by atoms with E-state index in [0.29, 0.717) is 5.92 Å². The third-order valence-corrected chi connectivity index (χ3v) is 2.12. The Balaban J connectivity index is 2.50. The molecular formula is C10H11N. The first-order chi connectivity index (χ1) is 5.38. The van der Waals surface area contributed by atoms with Crippen LogP contribution in [-0.2, 0) is 6.42 Å². The summed E-state index contributed by atoms with van der Waals surface area (Å²) in [7, 11) is 0. The van der Waals surface area contributed by atoms with Crippen molar-refractivity contribution >= 4 is 0 Å². The zero-order valence-corrected chi connectivity index (χ0v) is 6.62. The van der Waals surface area contributed by atoms with Gasteiger partial charge in [-0.05, 0) is 18.1 Å². The maximum atomic E-state index is 4.35. The van der Waals surface area contributed by atoms with Crippen LogP contribution in [0.15, 0.2) is 30.5 Å². The Kier molecular flexibility index (Phi) is 1.50. The fourth-order valence-corrected chi connectivity index (χ4v) is 1.52. The molecule has 1 aliphatic rings. The minimum Gasteiger partial charge on any atom is -0.260 e. The highest BCUT2D eigenvalue weighted by atomic mass is 14.7. The molecule has 0 aliphatic heterocycles. The molecule has 56 valence electrons. The molecule has 0 amide bonds. The van der Waals surface area contributed by atoms with Crippen LogP contribution >= 0.6 is 0 Å². The zero-order valence-electron chi connectivity index (χ0n) is 6.62. The highest BCUT2D eigenvalue weighted by Gasteiger charge is 2.11. The Morgan fingerprint density at radius 2 is 2.45 bits per heavy atom. The Hall–Kier alpha value is -1.11. The second kappa shape index (κ2) is 2.50. The van der Waals surface area contributed by atoms with Gasteiger partial charge in [0.05, 0.1) is 5.69 Å². The summed E-state index contributed by atoms with van der Waals surface area (Å²) < 4.78 is 0. The molecule has 11 heavy (non-hydrogen) atoms. The molecule has 1 unspecified atom stereocenters. The third-order valence-electron chi connectivity index (χ3n) is 2.12. The molecule has 1 aliphatic carbocycles. The molecule has 0 N–H and O–H groups in total. The van der Waals surface area contributed by atoms with E-state index in [2.05, 4.69) is 30.1 Å². The summed E-state index contributed by atoms with van der Waals surface area (Å²) in [6.45, 7) is 2.18. The molecule has 1 aromatic heterocycles. The van der Waals surface area contributed by atoms with Crippen LogP contribution in [0.2, 0.25) is 0 Å². The van der Waals surface area contributed by atoms with Gasteiger partial charge in [-0.3, -0.25) is 4.98 Å². The summed E-state index contributed by atoms with van der Waals surface area (Å²) in [5.74, 6) is 0.500. The number of nitrogens with zero attached hydrogens (tertiary/aromatic N) is 1. The van der Waals surface area contributed by atoms with Crippen molar-refractivity contribution in [2.75, 3.05) is 0 Å². The number of hydrogen-bond acceptors (Lipinski definition) is 1. The van der Waals surface area contributed by atoms with E-state index >= 15 is 0 Å². The smallest absolute Gasteiger partial charge is 0.0504 e. The van der Waals surface area contributed by atoms with Crippen molar-refractivity contribution < 1.29 is 0 Å². The van der Waals surface area contributed by atoms with Crippen molar-refractivity contribution in [1.29, 1.82) is 0 Å². The van der Waals surface area contributed by atoms with Crippen LogP contribution in [0.3, 0.4) is 0 Å². The summed E-state index contributed by atoms with van der Waals surface area (Å²) in [5.41, 5.74) is 2.62. The van der Waals surface area contributed by atoms with E-state index in [0.717, 1.165) is 6.42 Å². The van der Waals surface area contributed by atoms with Gasteiger partial charge < -0.3 is 0 Å². The van der Waals surface area contributed by atoms with Gasteiger partial charge in [0.1, 0.15) is 0 Å². The molecule has 0 bridgehead atoms. The lowest BCUT2D eigenvalue weighted by molar-refractivity contribution is 0.853. The normalized spacial score (nSPS) is 21.4. The van der Waals surface area contributed by atoms with Gasteiger partial charge in [0, 0.05) is 12.1 Å². The Labute approximate surface area is 66.8 Å². The molecule has 1 aromatic rings. The molecule has 0 saturated carbocycles. The van der Waals surface area contributed by atoms with Crippen LogP contribution < -0.4 is 0 Å². The molecule has 0 fully saturated rings. The highest BCUT2D eigenvalue weighted by molar-refractivity contribution is 5.31. The van der Waals surface area contributed by atoms with E-state index in [1.54, 1.807) is 0 Å². The summed E-state index contributed by atoms with van der Waals surface area (Å²) >= 11 is 0. The first-order valence-corrected chi connectivity index (χ1v) is 3.98. The van der Waals surface area contributed by atoms with Crippen molar-refractivity contribution in [2.24, 2.45) is 0 Å². The van der Waals surface area contributed by atoms with Gasteiger partial charge in [-0.25, -0.2) is 0 Å². The molecule has 0 radical (unpaired) electrons. The van der Waals surface area contributed by atoms with Crippen LogP contribution in [0, 0.1) is 0 Å². The van der Waals surface area contributed by atoms with Crippen molar-refractivity contribution in [1.82, 2.24) is 4.98 Å². The number of allylic oxidation sites excluding steroid dienone is 2. The molecule has 1 nitrogen and oxygen atoms in total. The van der Waals surface area contributed by atoms with Crippen LogP contribution in [-0.4, -0.2) is 4.98 Å². The molecule has 0 aromatic carbocycles. The van der Waals surface area contributed by atoms with E-state index in [1.165, 1.54) is 11.3 Å².